The molecule has 0 aromatic carbocycles. The van der Waals surface area contributed by atoms with Gasteiger partial charge < -0.3 is 5.32 Å². The average Bonchev–Trinajstić information content (AvgIpc) is 2.38. The lowest BCUT2D eigenvalue weighted by Gasteiger charge is -2.12. The summed E-state index contributed by atoms with van der Waals surface area (Å²) in [6, 6.07) is 6.18. The number of nitrogens with one attached hydrogen (secondary N) is 1. The predicted molar refractivity (Wildman–Crippen MR) is 61.5 cm³/mol. The second-order valence-corrected chi connectivity index (χ2v) is 3.59. The molecule has 82 valence electrons. The fourth-order valence-corrected chi connectivity index (χ4v) is 1.43. The smallest absolute Gasteiger partial charge is 0.115 e. The van der Waals surface area contributed by atoms with Crippen LogP contribution in [0.25, 0.3) is 0 Å². The van der Waals surface area contributed by atoms with Gasteiger partial charge in [-0.2, -0.15) is 0 Å². The summed E-state index contributed by atoms with van der Waals surface area (Å²) in [6.07, 6.45) is 6.96. The van der Waals surface area contributed by atoms with Gasteiger partial charge in [0.05, 0.1) is 5.69 Å². The Balaban J connectivity index is 1.92. The monoisotopic (exact) mass is 214 g/mol. The van der Waals surface area contributed by atoms with E-state index >= 15 is 0 Å². The number of nitrogens with zero attached hydrogens (tertiary/aromatic N) is 3. The van der Waals surface area contributed by atoms with Gasteiger partial charge in [0, 0.05) is 31.2 Å². The number of rotatable bonds is 4. The molecule has 0 radical (unpaired) electrons. The second-order valence-electron chi connectivity index (χ2n) is 3.59. The first-order valence-electron chi connectivity index (χ1n) is 5.24. The van der Waals surface area contributed by atoms with Gasteiger partial charge in [0.1, 0.15) is 6.33 Å². The summed E-state index contributed by atoms with van der Waals surface area (Å²) in [5, 5.41) is 3.38. The first kappa shape index (κ1) is 10.7. The Morgan fingerprint density at radius 2 is 2.19 bits per heavy atom. The van der Waals surface area contributed by atoms with Gasteiger partial charge in [-0.1, -0.05) is 6.07 Å². The lowest BCUT2D eigenvalue weighted by molar-refractivity contribution is 0.565. The molecule has 0 unspecified atom stereocenters. The molecule has 0 amide bonds. The molecule has 0 aliphatic carbocycles. The normalized spacial score (nSPS) is 12.3. The Labute approximate surface area is 94.8 Å². The number of hydrogen-bond acceptors (Lipinski definition) is 4. The van der Waals surface area contributed by atoms with Crippen molar-refractivity contribution in [2.24, 2.45) is 0 Å². The van der Waals surface area contributed by atoms with E-state index in [-0.39, 0.29) is 6.04 Å². The summed E-state index contributed by atoms with van der Waals surface area (Å²) in [4.78, 5) is 12.1. The Bertz CT molecular complexity index is 416. The van der Waals surface area contributed by atoms with Crippen LogP contribution in [-0.2, 0) is 6.54 Å². The summed E-state index contributed by atoms with van der Waals surface area (Å²) in [5.41, 5.74) is 2.17. The molecule has 0 aliphatic heterocycles. The van der Waals surface area contributed by atoms with Crippen LogP contribution in [0.1, 0.15) is 24.2 Å². The van der Waals surface area contributed by atoms with E-state index in [0.29, 0.717) is 0 Å². The molecule has 2 rings (SSSR count). The highest BCUT2D eigenvalue weighted by molar-refractivity contribution is 5.13. The van der Waals surface area contributed by atoms with Crippen LogP contribution >= 0.6 is 0 Å². The first-order valence-corrected chi connectivity index (χ1v) is 5.24. The van der Waals surface area contributed by atoms with Crippen LogP contribution < -0.4 is 5.32 Å². The summed E-state index contributed by atoms with van der Waals surface area (Å²) in [7, 11) is 0. The van der Waals surface area contributed by atoms with Crippen LogP contribution in [-0.4, -0.2) is 15.0 Å². The number of aromatic nitrogens is 3. The molecule has 2 aromatic heterocycles. The van der Waals surface area contributed by atoms with Gasteiger partial charge in [0.15, 0.2) is 0 Å². The molecular formula is C12H14N4. The predicted octanol–water partition coefficient (Wildman–Crippen LogP) is 1.72. The highest BCUT2D eigenvalue weighted by Crippen LogP contribution is 2.10. The quantitative estimate of drug-likeness (QED) is 0.842. The molecule has 0 fully saturated rings. The van der Waals surface area contributed by atoms with Crippen molar-refractivity contribution in [1.29, 1.82) is 0 Å². The van der Waals surface area contributed by atoms with Crippen molar-refractivity contribution in [2.75, 3.05) is 0 Å². The van der Waals surface area contributed by atoms with Gasteiger partial charge in [0.2, 0.25) is 0 Å². The van der Waals surface area contributed by atoms with Crippen LogP contribution in [0.5, 0.6) is 0 Å². The third-order valence-electron chi connectivity index (χ3n) is 2.42. The van der Waals surface area contributed by atoms with Gasteiger partial charge in [-0.3, -0.25) is 4.98 Å². The highest BCUT2D eigenvalue weighted by Gasteiger charge is 2.04. The maximum absolute atomic E-state index is 4.16. The third-order valence-corrected chi connectivity index (χ3v) is 2.42. The fourth-order valence-electron chi connectivity index (χ4n) is 1.43. The molecule has 4 heteroatoms. The highest BCUT2D eigenvalue weighted by atomic mass is 14.9. The van der Waals surface area contributed by atoms with Gasteiger partial charge in [0.25, 0.3) is 0 Å². The number of pyridine rings is 1. The van der Waals surface area contributed by atoms with E-state index in [1.165, 1.54) is 5.56 Å². The topological polar surface area (TPSA) is 50.7 Å². The lowest BCUT2D eigenvalue weighted by Crippen LogP contribution is -2.18. The second kappa shape index (κ2) is 5.32. The van der Waals surface area contributed by atoms with Gasteiger partial charge >= 0.3 is 0 Å². The lowest BCUT2D eigenvalue weighted by atomic mass is 10.1. The summed E-state index contributed by atoms with van der Waals surface area (Å²) in [6.45, 7) is 2.84. The molecule has 0 aliphatic rings. The molecule has 16 heavy (non-hydrogen) atoms. The van der Waals surface area contributed by atoms with E-state index in [1.807, 2.05) is 18.3 Å². The zero-order valence-corrected chi connectivity index (χ0v) is 9.17. The van der Waals surface area contributed by atoms with Crippen molar-refractivity contribution >= 4 is 0 Å². The Morgan fingerprint density at radius 1 is 1.25 bits per heavy atom. The van der Waals surface area contributed by atoms with Crippen molar-refractivity contribution in [3.8, 4) is 0 Å². The SMILES string of the molecule is C[C@H](NCc1ccncn1)c1cccnc1. The molecule has 2 aromatic rings. The van der Waals surface area contributed by atoms with Crippen molar-refractivity contribution in [2.45, 2.75) is 19.5 Å². The maximum Gasteiger partial charge on any atom is 0.115 e. The summed E-state index contributed by atoms with van der Waals surface area (Å²) >= 11 is 0. The third kappa shape index (κ3) is 2.84. The van der Waals surface area contributed by atoms with E-state index in [4.69, 9.17) is 0 Å². The molecule has 0 saturated heterocycles. The fraction of sp³-hybridized carbons (Fsp3) is 0.250. The molecule has 0 spiro atoms. The van der Waals surface area contributed by atoms with Gasteiger partial charge in [-0.15, -0.1) is 0 Å². The molecule has 1 atom stereocenters. The van der Waals surface area contributed by atoms with E-state index in [2.05, 4.69) is 33.3 Å². The first-order chi connectivity index (χ1) is 7.86. The summed E-state index contributed by atoms with van der Waals surface area (Å²) < 4.78 is 0. The zero-order chi connectivity index (χ0) is 11.2. The summed E-state index contributed by atoms with van der Waals surface area (Å²) in [5.74, 6) is 0. The molecule has 0 saturated carbocycles. The molecule has 4 nitrogen and oxygen atoms in total. The van der Waals surface area contributed by atoms with Gasteiger partial charge in [-0.05, 0) is 24.6 Å². The van der Waals surface area contributed by atoms with E-state index in [1.54, 1.807) is 18.7 Å². The van der Waals surface area contributed by atoms with E-state index in [0.717, 1.165) is 12.2 Å². The zero-order valence-electron chi connectivity index (χ0n) is 9.17. The minimum atomic E-state index is 0.267. The van der Waals surface area contributed by atoms with Crippen molar-refractivity contribution in [3.63, 3.8) is 0 Å². The van der Waals surface area contributed by atoms with Gasteiger partial charge in [-0.25, -0.2) is 9.97 Å². The average molecular weight is 214 g/mol. The van der Waals surface area contributed by atoms with Crippen LogP contribution in [0.15, 0.2) is 43.1 Å². The van der Waals surface area contributed by atoms with Crippen LogP contribution in [0.3, 0.4) is 0 Å². The van der Waals surface area contributed by atoms with E-state index < -0.39 is 0 Å². The Hall–Kier alpha value is -1.81. The Kier molecular flexibility index (Phi) is 3.56. The minimum Gasteiger partial charge on any atom is -0.305 e. The van der Waals surface area contributed by atoms with Crippen LogP contribution in [0.2, 0.25) is 0 Å². The molecular weight excluding hydrogens is 200 g/mol. The maximum atomic E-state index is 4.16. The number of hydrogen-bond donors (Lipinski definition) is 1. The standard InChI is InChI=1S/C12H14N4/c1-10(11-3-2-5-13-7-11)15-8-12-4-6-14-9-16-12/h2-7,9-10,15H,8H2,1H3/t10-/m0/s1. The Morgan fingerprint density at radius 3 is 2.88 bits per heavy atom. The van der Waals surface area contributed by atoms with Crippen molar-refractivity contribution < 1.29 is 0 Å². The molecule has 0 bridgehead atoms. The largest absolute Gasteiger partial charge is 0.305 e. The van der Waals surface area contributed by atoms with Crippen molar-refractivity contribution in [1.82, 2.24) is 20.3 Å². The van der Waals surface area contributed by atoms with Crippen LogP contribution in [0, 0.1) is 0 Å². The van der Waals surface area contributed by atoms with Crippen molar-refractivity contribution in [3.05, 3.63) is 54.4 Å². The van der Waals surface area contributed by atoms with E-state index in [9.17, 15) is 0 Å². The molecule has 2 heterocycles. The molecule has 1 N–H and O–H groups in total. The minimum absolute atomic E-state index is 0.267. The van der Waals surface area contributed by atoms with Crippen LogP contribution in [0.4, 0.5) is 0 Å².